The number of rotatable bonds is 9. The van der Waals surface area contributed by atoms with Gasteiger partial charge in [-0.2, -0.15) is 0 Å². The van der Waals surface area contributed by atoms with Crippen LogP contribution in [0.1, 0.15) is 17.3 Å². The summed E-state index contributed by atoms with van der Waals surface area (Å²) in [5.74, 6) is -1.26. The van der Waals surface area contributed by atoms with E-state index in [0.717, 1.165) is 6.07 Å². The number of nitro benzene ring substituents is 1. The number of anilines is 2. The van der Waals surface area contributed by atoms with Gasteiger partial charge in [-0.25, -0.2) is 4.79 Å². The van der Waals surface area contributed by atoms with Gasteiger partial charge in [-0.3, -0.25) is 14.9 Å². The third kappa shape index (κ3) is 5.76. The summed E-state index contributed by atoms with van der Waals surface area (Å²) in [6.45, 7) is 2.22. The number of nitrogens with one attached hydrogen (secondary N) is 1. The van der Waals surface area contributed by atoms with E-state index in [2.05, 4.69) is 5.32 Å². The zero-order chi connectivity index (χ0) is 21.4. The molecule has 0 aromatic heterocycles. The van der Waals surface area contributed by atoms with Crippen molar-refractivity contribution in [2.45, 2.75) is 13.0 Å². The minimum atomic E-state index is -1.08. The Labute approximate surface area is 168 Å². The summed E-state index contributed by atoms with van der Waals surface area (Å²) >= 11 is 0. The van der Waals surface area contributed by atoms with Crippen LogP contribution in [0.25, 0.3) is 0 Å². The third-order valence-electron chi connectivity index (χ3n) is 4.16. The van der Waals surface area contributed by atoms with E-state index in [0.29, 0.717) is 24.5 Å². The van der Waals surface area contributed by atoms with Crippen LogP contribution in [0.4, 0.5) is 17.1 Å². The fourth-order valence-electron chi connectivity index (χ4n) is 2.58. The van der Waals surface area contributed by atoms with Gasteiger partial charge < -0.3 is 19.7 Å². The quantitative estimate of drug-likeness (QED) is 0.298. The summed E-state index contributed by atoms with van der Waals surface area (Å²) in [6, 6.07) is 12.7. The molecular weight excluding hydrogens is 378 g/mol. The molecule has 0 saturated heterocycles. The first-order chi connectivity index (χ1) is 13.8. The Bertz CT molecular complexity index is 872. The maximum atomic E-state index is 12.7. The zero-order valence-corrected chi connectivity index (χ0v) is 16.5. The van der Waals surface area contributed by atoms with Crippen LogP contribution in [0.5, 0.6) is 0 Å². The van der Waals surface area contributed by atoms with Crippen LogP contribution in [0, 0.1) is 10.1 Å². The molecule has 0 saturated carbocycles. The van der Waals surface area contributed by atoms with Gasteiger partial charge in [-0.1, -0.05) is 18.2 Å². The van der Waals surface area contributed by atoms with Crippen molar-refractivity contribution in [1.29, 1.82) is 0 Å². The number of para-hydroxylation sites is 1. The molecule has 0 aliphatic heterocycles. The Morgan fingerprint density at radius 1 is 1.21 bits per heavy atom. The molecule has 0 aliphatic carbocycles. The first-order valence-corrected chi connectivity index (χ1v) is 8.90. The molecule has 2 aromatic rings. The van der Waals surface area contributed by atoms with E-state index < -0.39 is 22.9 Å². The Morgan fingerprint density at radius 3 is 2.52 bits per heavy atom. The molecule has 1 unspecified atom stereocenters. The lowest BCUT2D eigenvalue weighted by Crippen LogP contribution is -2.37. The minimum absolute atomic E-state index is 0.0303. The van der Waals surface area contributed by atoms with E-state index >= 15 is 0 Å². The zero-order valence-electron chi connectivity index (χ0n) is 16.5. The molecule has 0 fully saturated rings. The molecule has 9 nitrogen and oxygen atoms in total. The number of carbonyl (C=O) groups is 2. The van der Waals surface area contributed by atoms with Gasteiger partial charge in [0, 0.05) is 44.2 Å². The molecule has 9 heteroatoms. The SMILES string of the molecule is COCCNc1ccc([N+](=O)[O-])cc1C(=O)OC(C)C(=O)N(C)c1ccccc1. The number of benzene rings is 2. The van der Waals surface area contributed by atoms with Crippen molar-refractivity contribution in [2.75, 3.05) is 37.5 Å². The Kier molecular flexibility index (Phi) is 7.67. The molecule has 0 radical (unpaired) electrons. The lowest BCUT2D eigenvalue weighted by molar-refractivity contribution is -0.384. The van der Waals surface area contributed by atoms with Gasteiger partial charge in [0.15, 0.2) is 6.10 Å². The van der Waals surface area contributed by atoms with E-state index in [-0.39, 0.29) is 11.3 Å². The summed E-state index contributed by atoms with van der Waals surface area (Å²) in [7, 11) is 3.11. The van der Waals surface area contributed by atoms with E-state index in [9.17, 15) is 19.7 Å². The van der Waals surface area contributed by atoms with Crippen molar-refractivity contribution in [2.24, 2.45) is 0 Å². The lowest BCUT2D eigenvalue weighted by atomic mass is 10.1. The summed E-state index contributed by atoms with van der Waals surface area (Å²) < 4.78 is 10.3. The van der Waals surface area contributed by atoms with E-state index in [4.69, 9.17) is 9.47 Å². The Balaban J connectivity index is 2.18. The molecule has 1 atom stereocenters. The molecule has 0 spiro atoms. The predicted octanol–water partition coefficient (Wildman–Crippen LogP) is 2.86. The molecule has 0 heterocycles. The highest BCUT2D eigenvalue weighted by atomic mass is 16.6. The summed E-state index contributed by atoms with van der Waals surface area (Å²) in [5, 5.41) is 14.0. The van der Waals surface area contributed by atoms with Crippen LogP contribution in [-0.4, -0.2) is 50.2 Å². The van der Waals surface area contributed by atoms with Crippen LogP contribution >= 0.6 is 0 Å². The molecule has 1 amide bonds. The number of methoxy groups -OCH3 is 1. The fraction of sp³-hybridized carbons (Fsp3) is 0.300. The summed E-state index contributed by atoms with van der Waals surface area (Å²) in [4.78, 5) is 37.1. The largest absolute Gasteiger partial charge is 0.449 e. The molecule has 1 N–H and O–H groups in total. The third-order valence-corrected chi connectivity index (χ3v) is 4.16. The highest BCUT2D eigenvalue weighted by Gasteiger charge is 2.25. The number of ether oxygens (including phenoxy) is 2. The Hall–Kier alpha value is -3.46. The van der Waals surface area contributed by atoms with Crippen molar-refractivity contribution < 1.29 is 24.0 Å². The average Bonchev–Trinajstić information content (AvgIpc) is 2.73. The molecule has 0 aliphatic rings. The average molecular weight is 401 g/mol. The lowest BCUT2D eigenvalue weighted by Gasteiger charge is -2.22. The number of hydrogen-bond acceptors (Lipinski definition) is 7. The molecule has 2 aromatic carbocycles. The molecule has 29 heavy (non-hydrogen) atoms. The molecule has 0 bridgehead atoms. The maximum Gasteiger partial charge on any atom is 0.341 e. The number of esters is 1. The fourth-order valence-corrected chi connectivity index (χ4v) is 2.58. The van der Waals surface area contributed by atoms with Crippen molar-refractivity contribution in [1.82, 2.24) is 0 Å². The van der Waals surface area contributed by atoms with Gasteiger partial charge in [0.2, 0.25) is 0 Å². The van der Waals surface area contributed by atoms with Crippen molar-refractivity contribution in [3.63, 3.8) is 0 Å². The van der Waals surface area contributed by atoms with Crippen LogP contribution < -0.4 is 10.2 Å². The monoisotopic (exact) mass is 401 g/mol. The van der Waals surface area contributed by atoms with Crippen molar-refractivity contribution >= 4 is 28.9 Å². The smallest absolute Gasteiger partial charge is 0.341 e. The standard InChI is InChI=1S/C20H23N3O6/c1-14(19(24)22(2)15-7-5-4-6-8-15)29-20(25)17-13-16(23(26)27)9-10-18(17)21-11-12-28-3/h4-10,13-14,21H,11-12H2,1-3H3. The van der Waals surface area contributed by atoms with E-state index in [1.165, 1.54) is 31.1 Å². The maximum absolute atomic E-state index is 12.7. The van der Waals surface area contributed by atoms with Crippen LogP contribution in [0.15, 0.2) is 48.5 Å². The van der Waals surface area contributed by atoms with E-state index in [1.54, 1.807) is 31.3 Å². The highest BCUT2D eigenvalue weighted by molar-refractivity contribution is 6.00. The first-order valence-electron chi connectivity index (χ1n) is 8.90. The van der Waals surface area contributed by atoms with Gasteiger partial charge in [0.05, 0.1) is 17.1 Å². The Morgan fingerprint density at radius 2 is 1.90 bits per heavy atom. The second kappa shape index (κ2) is 10.2. The predicted molar refractivity (Wildman–Crippen MR) is 108 cm³/mol. The van der Waals surface area contributed by atoms with Crippen LogP contribution in [-0.2, 0) is 14.3 Å². The number of non-ortho nitro benzene ring substituents is 1. The van der Waals surface area contributed by atoms with Crippen molar-refractivity contribution in [3.8, 4) is 0 Å². The number of hydrogen-bond donors (Lipinski definition) is 1. The number of amides is 1. The second-order valence-electron chi connectivity index (χ2n) is 6.19. The van der Waals surface area contributed by atoms with Gasteiger partial charge in [0.1, 0.15) is 0 Å². The van der Waals surface area contributed by atoms with Gasteiger partial charge >= 0.3 is 5.97 Å². The van der Waals surface area contributed by atoms with Crippen LogP contribution in [0.3, 0.4) is 0 Å². The molecular formula is C20H23N3O6. The number of likely N-dealkylation sites (N-methyl/N-ethyl adjacent to an activating group) is 1. The minimum Gasteiger partial charge on any atom is -0.449 e. The number of nitrogens with zero attached hydrogens (tertiary/aromatic N) is 2. The normalized spacial score (nSPS) is 11.4. The molecule has 154 valence electrons. The second-order valence-corrected chi connectivity index (χ2v) is 6.19. The first kappa shape index (κ1) is 21.8. The number of nitro groups is 1. The summed E-state index contributed by atoms with van der Waals surface area (Å²) in [5.41, 5.74) is 0.721. The highest BCUT2D eigenvalue weighted by Crippen LogP contribution is 2.24. The van der Waals surface area contributed by atoms with Crippen LogP contribution in [0.2, 0.25) is 0 Å². The summed E-state index contributed by atoms with van der Waals surface area (Å²) in [6.07, 6.45) is -1.08. The van der Waals surface area contributed by atoms with E-state index in [1.807, 2.05) is 6.07 Å². The topological polar surface area (TPSA) is 111 Å². The number of carbonyl (C=O) groups excluding carboxylic acids is 2. The van der Waals surface area contributed by atoms with Gasteiger partial charge in [-0.15, -0.1) is 0 Å². The van der Waals surface area contributed by atoms with Crippen molar-refractivity contribution in [3.05, 3.63) is 64.2 Å². The van der Waals surface area contributed by atoms with Gasteiger partial charge in [0.25, 0.3) is 11.6 Å². The van der Waals surface area contributed by atoms with Gasteiger partial charge in [-0.05, 0) is 25.1 Å². The molecule has 2 rings (SSSR count).